The number of hydrogen-bond donors (Lipinski definition) is 0. The van der Waals surface area contributed by atoms with Crippen LogP contribution in [0.2, 0.25) is 5.39 Å². The van der Waals surface area contributed by atoms with Gasteiger partial charge in [0.1, 0.15) is 0 Å². The molecule has 0 spiro atoms. The van der Waals surface area contributed by atoms with Crippen molar-refractivity contribution < 1.29 is 25.4 Å². The van der Waals surface area contributed by atoms with Gasteiger partial charge < -0.3 is 9.90 Å². The standard InChI is InChI=1S/C12H24O2.C3H5.Ni/c1-2-3-4-5-6-7-8-9-10-11-12(13)14;1-3-2;/h2-11H2,1H3,(H,13,14);3H,1-2H2;/q;;+1/p-1. The molecule has 0 bridgehead atoms. The Bertz CT molecular complexity index is 181. The van der Waals surface area contributed by atoms with E-state index in [-0.39, 0.29) is 6.42 Å². The van der Waals surface area contributed by atoms with Gasteiger partial charge in [0.2, 0.25) is 0 Å². The summed E-state index contributed by atoms with van der Waals surface area (Å²) < 4.78 is 0. The average Bonchev–Trinajstić information content (AvgIpc) is 2.37. The molecule has 0 atom stereocenters. The van der Waals surface area contributed by atoms with E-state index in [1.165, 1.54) is 44.9 Å². The van der Waals surface area contributed by atoms with Gasteiger partial charge in [-0.25, -0.2) is 0 Å². The van der Waals surface area contributed by atoms with E-state index in [0.717, 1.165) is 12.8 Å². The Balaban J connectivity index is 0. The molecule has 0 fully saturated rings. The molecule has 110 valence electrons. The van der Waals surface area contributed by atoms with Gasteiger partial charge in [-0.2, -0.15) is 0 Å². The maximum absolute atomic E-state index is 10.1. The Labute approximate surface area is 121 Å². The maximum Gasteiger partial charge on any atom is 0.0414 e. The first-order chi connectivity index (χ1) is 8.68. The molecule has 0 heterocycles. The zero-order valence-electron chi connectivity index (χ0n) is 11.7. The van der Waals surface area contributed by atoms with Crippen LogP contribution in [-0.2, 0) is 20.3 Å². The van der Waals surface area contributed by atoms with E-state index < -0.39 is 5.97 Å². The molecule has 0 unspecified atom stereocenters. The van der Waals surface area contributed by atoms with Crippen molar-refractivity contribution in [2.24, 2.45) is 0 Å². The van der Waals surface area contributed by atoms with Crippen LogP contribution in [0.3, 0.4) is 0 Å². The minimum Gasteiger partial charge on any atom is -0.550 e. The van der Waals surface area contributed by atoms with Crippen molar-refractivity contribution in [1.29, 1.82) is 0 Å². The largest absolute Gasteiger partial charge is 0.550 e. The van der Waals surface area contributed by atoms with Gasteiger partial charge in [-0.15, -0.1) is 0 Å². The summed E-state index contributed by atoms with van der Waals surface area (Å²) in [6, 6.07) is 0. The number of carboxylic acid groups (broad SMARTS) is 1. The molecule has 18 heavy (non-hydrogen) atoms. The third-order valence-corrected chi connectivity index (χ3v) is 2.86. The predicted molar refractivity (Wildman–Crippen MR) is 71.9 cm³/mol. The van der Waals surface area contributed by atoms with Gasteiger partial charge in [0, 0.05) is 5.97 Å². The van der Waals surface area contributed by atoms with Gasteiger partial charge in [-0.3, -0.25) is 0 Å². The molecule has 0 rings (SSSR count). The first kappa shape index (κ1) is 20.0. The third kappa shape index (κ3) is 24.8. The number of carboxylic acids is 1. The Morgan fingerprint density at radius 1 is 1.06 bits per heavy atom. The Kier molecular flexibility index (Phi) is 21.2. The minimum absolute atomic E-state index is 0.232. The van der Waals surface area contributed by atoms with Crippen molar-refractivity contribution >= 4 is 5.97 Å². The van der Waals surface area contributed by atoms with E-state index in [2.05, 4.69) is 29.0 Å². The number of unbranched alkanes of at least 4 members (excludes halogenated alkanes) is 8. The Hall–Kier alpha value is -0.296. The molecule has 0 aliphatic heterocycles. The summed E-state index contributed by atoms with van der Waals surface area (Å²) in [5.41, 5.74) is 0. The van der Waals surface area contributed by atoms with Gasteiger partial charge in [0.05, 0.1) is 0 Å². The van der Waals surface area contributed by atoms with Crippen molar-refractivity contribution in [1.82, 2.24) is 0 Å². The number of carbonyl (C=O) groups excluding carboxylic acids is 1. The molecule has 0 aliphatic rings. The smallest absolute Gasteiger partial charge is 0.0414 e. The fraction of sp³-hybridized carbons (Fsp3) is 0.800. The maximum atomic E-state index is 10.1. The first-order valence-electron chi connectivity index (χ1n) is 7.01. The molecule has 0 aromatic heterocycles. The Morgan fingerprint density at radius 3 is 1.78 bits per heavy atom. The molecule has 0 aromatic carbocycles. The number of allylic oxidation sites excluding steroid dienone is 1. The summed E-state index contributed by atoms with van der Waals surface area (Å²) in [7, 11) is 0. The van der Waals surface area contributed by atoms with Gasteiger partial charge in [-0.05, 0) is 12.8 Å². The topological polar surface area (TPSA) is 40.1 Å². The molecule has 0 saturated heterocycles. The van der Waals surface area contributed by atoms with Crippen LogP contribution in [0.4, 0.5) is 0 Å². The summed E-state index contributed by atoms with van der Waals surface area (Å²) in [5, 5.41) is 10.8. The first-order valence-corrected chi connectivity index (χ1v) is 7.71. The third-order valence-electron chi connectivity index (χ3n) is 2.58. The minimum atomic E-state index is -0.909. The van der Waals surface area contributed by atoms with Crippen LogP contribution in [0, 0.1) is 0 Å². The van der Waals surface area contributed by atoms with Crippen molar-refractivity contribution in [3.05, 3.63) is 12.7 Å². The molecular weight excluding hydrogens is 271 g/mol. The van der Waals surface area contributed by atoms with E-state index in [9.17, 15) is 9.90 Å². The second-order valence-corrected chi connectivity index (χ2v) is 4.77. The number of carbonyl (C=O) groups is 1. The van der Waals surface area contributed by atoms with Crippen LogP contribution >= 0.6 is 0 Å². The molecule has 0 saturated carbocycles. The Morgan fingerprint density at radius 2 is 1.44 bits per heavy atom. The molecule has 2 nitrogen and oxygen atoms in total. The summed E-state index contributed by atoms with van der Waals surface area (Å²) in [6.45, 7) is 5.61. The van der Waals surface area contributed by atoms with E-state index in [1.54, 1.807) is 6.08 Å². The molecule has 0 radical (unpaired) electrons. The molecule has 0 N–H and O–H groups in total. The molecule has 0 aliphatic carbocycles. The zero-order valence-corrected chi connectivity index (χ0v) is 12.7. The second kappa shape index (κ2) is 19.1. The molecule has 0 amide bonds. The quantitative estimate of drug-likeness (QED) is 0.331. The van der Waals surface area contributed by atoms with Gasteiger partial charge >= 0.3 is 33.5 Å². The summed E-state index contributed by atoms with van der Waals surface area (Å²) >= 11 is 4.20. The van der Waals surface area contributed by atoms with Crippen molar-refractivity contribution in [2.75, 3.05) is 0 Å². The van der Waals surface area contributed by atoms with Crippen molar-refractivity contribution in [2.45, 2.75) is 76.5 Å². The number of hydrogen-bond acceptors (Lipinski definition) is 2. The van der Waals surface area contributed by atoms with Crippen molar-refractivity contribution in [3.63, 3.8) is 0 Å². The van der Waals surface area contributed by atoms with Crippen LogP contribution in [0.15, 0.2) is 12.7 Å². The fourth-order valence-corrected chi connectivity index (χ4v) is 1.58. The van der Waals surface area contributed by atoms with E-state index in [0.29, 0.717) is 5.39 Å². The van der Waals surface area contributed by atoms with E-state index in [1.807, 2.05) is 0 Å². The van der Waals surface area contributed by atoms with Crippen LogP contribution in [0.5, 0.6) is 0 Å². The van der Waals surface area contributed by atoms with E-state index >= 15 is 0 Å². The van der Waals surface area contributed by atoms with Gasteiger partial charge in [-0.1, -0.05) is 58.3 Å². The molecule has 0 aromatic rings. The average molecular weight is 299 g/mol. The summed E-state index contributed by atoms with van der Waals surface area (Å²) in [5.74, 6) is -0.909. The van der Waals surface area contributed by atoms with Crippen LogP contribution in [-0.4, -0.2) is 5.97 Å². The molecular formula is C15H28NiO2. The van der Waals surface area contributed by atoms with Crippen molar-refractivity contribution in [3.8, 4) is 0 Å². The monoisotopic (exact) mass is 298 g/mol. The SMILES string of the molecule is C=C[CH2][Ni+].CCCCCCCCCCCC(=O)[O-]. The second-order valence-electron chi connectivity index (χ2n) is 4.37. The summed E-state index contributed by atoms with van der Waals surface area (Å²) in [6.07, 6.45) is 12.9. The van der Waals surface area contributed by atoms with Crippen LogP contribution in [0.25, 0.3) is 0 Å². The predicted octanol–water partition coefficient (Wildman–Crippen LogP) is 3.79. The number of aliphatic carboxylic acids is 1. The molecule has 3 heteroatoms. The number of rotatable bonds is 11. The summed E-state index contributed by atoms with van der Waals surface area (Å²) in [4.78, 5) is 10.1. The van der Waals surface area contributed by atoms with Gasteiger partial charge in [0.15, 0.2) is 0 Å². The van der Waals surface area contributed by atoms with Crippen LogP contribution in [0.1, 0.15) is 71.1 Å². The van der Waals surface area contributed by atoms with E-state index in [4.69, 9.17) is 0 Å². The van der Waals surface area contributed by atoms with Crippen LogP contribution < -0.4 is 5.11 Å². The fourth-order valence-electron chi connectivity index (χ4n) is 1.58. The van der Waals surface area contributed by atoms with Gasteiger partial charge in [0.25, 0.3) is 0 Å². The normalized spacial score (nSPS) is 9.50. The zero-order chi connectivity index (χ0) is 14.1.